The molecule has 2 saturated heterocycles. The van der Waals surface area contributed by atoms with E-state index in [0.717, 1.165) is 24.2 Å². The van der Waals surface area contributed by atoms with E-state index in [1.165, 1.54) is 38.8 Å². The summed E-state index contributed by atoms with van der Waals surface area (Å²) in [5, 5.41) is 0. The van der Waals surface area contributed by atoms with Crippen LogP contribution in [-0.2, 0) is 10.0 Å². The Balaban J connectivity index is 1.61. The van der Waals surface area contributed by atoms with Gasteiger partial charge in [-0.05, 0) is 50.9 Å². The van der Waals surface area contributed by atoms with Gasteiger partial charge in [-0.1, -0.05) is 24.4 Å². The van der Waals surface area contributed by atoms with Crippen molar-refractivity contribution in [2.75, 3.05) is 26.2 Å². The Kier molecular flexibility index (Phi) is 5.45. The van der Waals surface area contributed by atoms with Crippen molar-refractivity contribution in [2.45, 2.75) is 48.8 Å². The fraction of sp³-hybridized carbons (Fsp3) is 0.733. The molecule has 1 aromatic rings. The maximum Gasteiger partial charge on any atom is 0.252 e. The molecule has 0 N–H and O–H groups in total. The molecule has 0 atom stereocenters. The molecule has 7 heteroatoms. The highest BCUT2D eigenvalue weighted by Crippen LogP contribution is 2.30. The van der Waals surface area contributed by atoms with Gasteiger partial charge in [0.2, 0.25) is 0 Å². The lowest BCUT2D eigenvalue weighted by atomic mass is 10.0. The van der Waals surface area contributed by atoms with Crippen LogP contribution in [0.2, 0.25) is 4.34 Å². The molecule has 1 aromatic heterocycles. The number of rotatable bonds is 3. The first kappa shape index (κ1) is 16.7. The van der Waals surface area contributed by atoms with Crippen molar-refractivity contribution in [2.24, 2.45) is 0 Å². The van der Waals surface area contributed by atoms with Gasteiger partial charge in [0.15, 0.2) is 0 Å². The Labute approximate surface area is 142 Å². The smallest absolute Gasteiger partial charge is 0.252 e. The molecule has 0 amide bonds. The molecule has 22 heavy (non-hydrogen) atoms. The summed E-state index contributed by atoms with van der Waals surface area (Å²) in [4.78, 5) is 2.58. The Morgan fingerprint density at radius 2 is 1.64 bits per heavy atom. The maximum absolute atomic E-state index is 12.6. The first-order valence-electron chi connectivity index (χ1n) is 8.07. The molecule has 0 radical (unpaired) electrons. The summed E-state index contributed by atoms with van der Waals surface area (Å²) in [6.07, 6.45) is 7.13. The molecule has 0 bridgehead atoms. The monoisotopic (exact) mass is 362 g/mol. The standard InChI is InChI=1S/C15H23ClN2O2S2/c16-14-5-6-15(21-14)22(19,20)18-11-7-13(8-12-18)17-9-3-1-2-4-10-17/h5-6,13H,1-4,7-12H2. The molecule has 4 nitrogen and oxygen atoms in total. The minimum atomic E-state index is -3.35. The summed E-state index contributed by atoms with van der Waals surface area (Å²) < 4.78 is 27.7. The van der Waals surface area contributed by atoms with Crippen molar-refractivity contribution < 1.29 is 8.42 Å². The van der Waals surface area contributed by atoms with Crippen molar-refractivity contribution in [3.05, 3.63) is 16.5 Å². The first-order chi connectivity index (χ1) is 10.6. The highest BCUT2D eigenvalue weighted by Gasteiger charge is 2.32. The summed E-state index contributed by atoms with van der Waals surface area (Å²) in [5.41, 5.74) is 0. The first-order valence-corrected chi connectivity index (χ1v) is 10.7. The molecule has 0 saturated carbocycles. The van der Waals surface area contributed by atoms with Crippen LogP contribution in [-0.4, -0.2) is 49.8 Å². The normalized spacial score (nSPS) is 23.5. The molecular weight excluding hydrogens is 340 g/mol. The largest absolute Gasteiger partial charge is 0.300 e. The van der Waals surface area contributed by atoms with Gasteiger partial charge >= 0.3 is 0 Å². The van der Waals surface area contributed by atoms with E-state index in [4.69, 9.17) is 11.6 Å². The van der Waals surface area contributed by atoms with Crippen LogP contribution in [0.4, 0.5) is 0 Å². The fourth-order valence-corrected chi connectivity index (χ4v) is 6.58. The van der Waals surface area contributed by atoms with Gasteiger partial charge < -0.3 is 4.90 Å². The lowest BCUT2D eigenvalue weighted by Gasteiger charge is -2.37. The van der Waals surface area contributed by atoms with Crippen LogP contribution < -0.4 is 0 Å². The van der Waals surface area contributed by atoms with E-state index in [1.54, 1.807) is 16.4 Å². The van der Waals surface area contributed by atoms with Crippen LogP contribution in [0.3, 0.4) is 0 Å². The van der Waals surface area contributed by atoms with Crippen LogP contribution in [0.25, 0.3) is 0 Å². The number of likely N-dealkylation sites (tertiary alicyclic amines) is 1. The van der Waals surface area contributed by atoms with E-state index in [0.29, 0.717) is 27.7 Å². The molecular formula is C15H23ClN2O2S2. The van der Waals surface area contributed by atoms with Gasteiger partial charge in [0.1, 0.15) is 4.21 Å². The van der Waals surface area contributed by atoms with Gasteiger partial charge in [-0.15, -0.1) is 11.3 Å². The Bertz CT molecular complexity index is 586. The quantitative estimate of drug-likeness (QED) is 0.827. The molecule has 0 spiro atoms. The Morgan fingerprint density at radius 1 is 1.00 bits per heavy atom. The number of halogens is 1. The number of hydrogen-bond acceptors (Lipinski definition) is 4. The second-order valence-electron chi connectivity index (χ2n) is 6.14. The lowest BCUT2D eigenvalue weighted by molar-refractivity contribution is 0.144. The number of nitrogens with zero attached hydrogens (tertiary/aromatic N) is 2. The van der Waals surface area contributed by atoms with Crippen LogP contribution in [0.1, 0.15) is 38.5 Å². The van der Waals surface area contributed by atoms with Crippen LogP contribution >= 0.6 is 22.9 Å². The van der Waals surface area contributed by atoms with Gasteiger partial charge in [0, 0.05) is 19.1 Å². The molecule has 0 aromatic carbocycles. The number of thiophene rings is 1. The van der Waals surface area contributed by atoms with Crippen molar-refractivity contribution in [1.82, 2.24) is 9.21 Å². The molecule has 3 heterocycles. The summed E-state index contributed by atoms with van der Waals surface area (Å²) in [6.45, 7) is 3.61. The third kappa shape index (κ3) is 3.67. The predicted molar refractivity (Wildman–Crippen MR) is 91.2 cm³/mol. The van der Waals surface area contributed by atoms with Gasteiger partial charge in [0.05, 0.1) is 4.34 Å². The van der Waals surface area contributed by atoms with E-state index < -0.39 is 10.0 Å². The van der Waals surface area contributed by atoms with E-state index in [9.17, 15) is 8.42 Å². The van der Waals surface area contributed by atoms with E-state index >= 15 is 0 Å². The zero-order valence-corrected chi connectivity index (χ0v) is 15.1. The van der Waals surface area contributed by atoms with Gasteiger partial charge in [-0.3, -0.25) is 0 Å². The highest BCUT2D eigenvalue weighted by atomic mass is 35.5. The lowest BCUT2D eigenvalue weighted by Crippen LogP contribution is -2.46. The Hall–Kier alpha value is -0.140. The van der Waals surface area contributed by atoms with Gasteiger partial charge in [-0.25, -0.2) is 8.42 Å². The van der Waals surface area contributed by atoms with Gasteiger partial charge in [0.25, 0.3) is 10.0 Å². The summed E-state index contributed by atoms with van der Waals surface area (Å²) in [6, 6.07) is 3.82. The van der Waals surface area contributed by atoms with E-state index in [1.807, 2.05) is 0 Å². The summed E-state index contributed by atoms with van der Waals surface area (Å²) >= 11 is 7.02. The van der Waals surface area contributed by atoms with Crippen molar-refractivity contribution in [3.8, 4) is 0 Å². The fourth-order valence-electron chi connectivity index (χ4n) is 3.47. The zero-order chi connectivity index (χ0) is 15.6. The molecule has 2 fully saturated rings. The maximum atomic E-state index is 12.6. The Morgan fingerprint density at radius 3 is 2.18 bits per heavy atom. The number of piperidine rings is 1. The minimum Gasteiger partial charge on any atom is -0.300 e. The molecule has 2 aliphatic rings. The van der Waals surface area contributed by atoms with E-state index in [2.05, 4.69) is 4.90 Å². The second kappa shape index (κ2) is 7.18. The summed E-state index contributed by atoms with van der Waals surface area (Å²) in [5.74, 6) is 0. The SMILES string of the molecule is O=S(=O)(c1ccc(Cl)s1)N1CCC(N2CCCCCC2)CC1. The molecule has 124 valence electrons. The third-order valence-electron chi connectivity index (χ3n) is 4.72. The second-order valence-corrected chi connectivity index (χ2v) is 10.0. The van der Waals surface area contributed by atoms with Crippen molar-refractivity contribution in [3.63, 3.8) is 0 Å². The molecule has 3 rings (SSSR count). The average Bonchev–Trinajstić information content (AvgIpc) is 2.80. The molecule has 0 unspecified atom stereocenters. The van der Waals surface area contributed by atoms with E-state index in [-0.39, 0.29) is 0 Å². The zero-order valence-electron chi connectivity index (χ0n) is 12.7. The topological polar surface area (TPSA) is 40.6 Å². The molecule has 0 aliphatic carbocycles. The van der Waals surface area contributed by atoms with Crippen LogP contribution in [0.5, 0.6) is 0 Å². The van der Waals surface area contributed by atoms with Crippen LogP contribution in [0, 0.1) is 0 Å². The highest BCUT2D eigenvalue weighted by molar-refractivity contribution is 7.91. The molecule has 2 aliphatic heterocycles. The number of sulfonamides is 1. The predicted octanol–water partition coefficient (Wildman–Crippen LogP) is 3.43. The van der Waals surface area contributed by atoms with Crippen molar-refractivity contribution >= 4 is 33.0 Å². The van der Waals surface area contributed by atoms with Crippen LogP contribution in [0.15, 0.2) is 16.3 Å². The summed E-state index contributed by atoms with van der Waals surface area (Å²) in [7, 11) is -3.35. The van der Waals surface area contributed by atoms with Crippen molar-refractivity contribution in [1.29, 1.82) is 0 Å². The minimum absolute atomic E-state index is 0.366. The number of hydrogen-bond donors (Lipinski definition) is 0. The van der Waals surface area contributed by atoms with Gasteiger partial charge in [-0.2, -0.15) is 4.31 Å². The average molecular weight is 363 g/mol. The third-order valence-corrected chi connectivity index (χ3v) is 8.32.